The standard InChI is InChI=1S/C36H49NO4/c1-22-16-32-33(37(20-22)34(39)40-21-25-8-6-5-7-9-25)24(3)36(41-32)15-13-28-29-11-10-26-17-27(38)12-14-35(26,4)31(29)18-30(28)23(2)19-36/h5-9,22,24,26,28-29,31-33H,10-21H2,1-4H3/t22-,24+,26-,28-,29?,31-,32+,33-,35-,36?/m0/s1. The normalized spacial score (nSPS) is 43.7. The number of amides is 1. The minimum atomic E-state index is -0.202. The average Bonchev–Trinajstić information content (AvgIpc) is 3.42. The van der Waals surface area contributed by atoms with Gasteiger partial charge in [-0.2, -0.15) is 0 Å². The topological polar surface area (TPSA) is 55.8 Å². The highest BCUT2D eigenvalue weighted by Gasteiger charge is 2.60. The van der Waals surface area contributed by atoms with Crippen molar-refractivity contribution in [3.05, 3.63) is 47.0 Å². The van der Waals surface area contributed by atoms with Crippen molar-refractivity contribution >= 4 is 11.9 Å². The van der Waals surface area contributed by atoms with Gasteiger partial charge in [0.15, 0.2) is 0 Å². The van der Waals surface area contributed by atoms with Crippen molar-refractivity contribution in [1.82, 2.24) is 4.90 Å². The Morgan fingerprint density at radius 2 is 1.90 bits per heavy atom. The van der Waals surface area contributed by atoms with Gasteiger partial charge in [0.05, 0.1) is 17.7 Å². The summed E-state index contributed by atoms with van der Waals surface area (Å²) in [7, 11) is 0. The van der Waals surface area contributed by atoms with Crippen LogP contribution in [0.25, 0.3) is 0 Å². The van der Waals surface area contributed by atoms with Crippen molar-refractivity contribution in [2.24, 2.45) is 40.9 Å². The largest absolute Gasteiger partial charge is 0.445 e. The van der Waals surface area contributed by atoms with E-state index in [4.69, 9.17) is 9.47 Å². The molecule has 41 heavy (non-hydrogen) atoms. The molecule has 6 aliphatic rings. The van der Waals surface area contributed by atoms with E-state index >= 15 is 0 Å². The Balaban J connectivity index is 1.11. The van der Waals surface area contributed by atoms with Crippen LogP contribution < -0.4 is 0 Å². The van der Waals surface area contributed by atoms with Crippen molar-refractivity contribution in [3.8, 4) is 0 Å². The summed E-state index contributed by atoms with van der Waals surface area (Å²) in [5.41, 5.74) is 4.44. The Kier molecular flexibility index (Phi) is 6.92. The summed E-state index contributed by atoms with van der Waals surface area (Å²) in [6.45, 7) is 10.6. The molecule has 5 nitrogen and oxygen atoms in total. The Bertz CT molecular complexity index is 1230. The lowest BCUT2D eigenvalue weighted by Gasteiger charge is -2.52. The van der Waals surface area contributed by atoms with Crippen LogP contribution in [-0.2, 0) is 20.9 Å². The average molecular weight is 560 g/mol. The predicted octanol–water partition coefficient (Wildman–Crippen LogP) is 7.73. The van der Waals surface area contributed by atoms with E-state index in [1.54, 1.807) is 11.1 Å². The van der Waals surface area contributed by atoms with Crippen LogP contribution in [0.4, 0.5) is 4.79 Å². The van der Waals surface area contributed by atoms with Crippen molar-refractivity contribution in [2.45, 2.75) is 116 Å². The van der Waals surface area contributed by atoms with Crippen LogP contribution in [0.15, 0.2) is 41.5 Å². The number of ether oxygens (including phenoxy) is 2. The predicted molar refractivity (Wildman–Crippen MR) is 159 cm³/mol. The highest BCUT2D eigenvalue weighted by Crippen LogP contribution is 2.65. The minimum Gasteiger partial charge on any atom is -0.445 e. The summed E-state index contributed by atoms with van der Waals surface area (Å²) in [5, 5.41) is 0. The SMILES string of the molecule is CC1=C2C[C@H]3C(CC[C@H]4CC(=O)CC[C@@]43C)[C@@H]2CCC2(C1)O[C@@H]1C[C@H](C)CN(C(=O)OCc3ccccc3)[C@H]1[C@H]2C. The number of nitrogens with zero attached hydrogens (tertiary/aromatic N) is 1. The maximum atomic E-state index is 13.5. The summed E-state index contributed by atoms with van der Waals surface area (Å²) in [6.07, 6.45) is 10.6. The second-order valence-electron chi connectivity index (χ2n) is 15.2. The first kappa shape index (κ1) is 27.7. The number of carbonyl (C=O) groups is 2. The maximum absolute atomic E-state index is 13.5. The molecule has 222 valence electrons. The van der Waals surface area contributed by atoms with Gasteiger partial charge in [0.25, 0.3) is 0 Å². The van der Waals surface area contributed by atoms with Gasteiger partial charge in [0.2, 0.25) is 0 Å². The molecular weight excluding hydrogens is 510 g/mol. The van der Waals surface area contributed by atoms with Crippen LogP contribution in [0, 0.1) is 40.9 Å². The van der Waals surface area contributed by atoms with E-state index in [0.29, 0.717) is 35.6 Å². The van der Waals surface area contributed by atoms with Crippen LogP contribution in [0.2, 0.25) is 0 Å². The van der Waals surface area contributed by atoms with E-state index in [9.17, 15) is 9.59 Å². The first-order valence-corrected chi connectivity index (χ1v) is 16.5. The number of benzene rings is 1. The van der Waals surface area contributed by atoms with Crippen molar-refractivity contribution in [3.63, 3.8) is 0 Å². The van der Waals surface area contributed by atoms with Gasteiger partial charge in [0, 0.05) is 25.3 Å². The van der Waals surface area contributed by atoms with Crippen molar-refractivity contribution in [1.29, 1.82) is 0 Å². The fraction of sp³-hybridized carbons (Fsp3) is 0.722. The van der Waals surface area contributed by atoms with E-state index in [0.717, 1.165) is 62.5 Å². The summed E-state index contributed by atoms with van der Waals surface area (Å²) in [6, 6.07) is 10.1. The lowest BCUT2D eigenvalue weighted by atomic mass is 9.52. The van der Waals surface area contributed by atoms with Crippen LogP contribution in [-0.4, -0.2) is 41.1 Å². The molecule has 0 bridgehead atoms. The second-order valence-corrected chi connectivity index (χ2v) is 15.2. The number of piperidine rings is 1. The molecule has 1 aromatic rings. The Morgan fingerprint density at radius 1 is 1.10 bits per heavy atom. The molecule has 0 radical (unpaired) electrons. The highest BCUT2D eigenvalue weighted by atomic mass is 16.6. The molecule has 2 aliphatic heterocycles. The molecule has 1 amide bonds. The van der Waals surface area contributed by atoms with Crippen LogP contribution >= 0.6 is 0 Å². The van der Waals surface area contributed by atoms with Crippen molar-refractivity contribution < 1.29 is 19.1 Å². The van der Waals surface area contributed by atoms with Gasteiger partial charge in [-0.1, -0.05) is 62.2 Å². The number of carbonyl (C=O) groups excluding carboxylic acids is 2. The zero-order valence-corrected chi connectivity index (χ0v) is 25.6. The number of ketones is 1. The molecule has 7 rings (SSSR count). The van der Waals surface area contributed by atoms with E-state index < -0.39 is 0 Å². The third-order valence-corrected chi connectivity index (χ3v) is 13.0. The number of rotatable bonds is 2. The zero-order chi connectivity index (χ0) is 28.5. The Morgan fingerprint density at radius 3 is 2.71 bits per heavy atom. The summed E-state index contributed by atoms with van der Waals surface area (Å²) < 4.78 is 13.0. The zero-order valence-electron chi connectivity index (χ0n) is 25.6. The van der Waals surface area contributed by atoms with Crippen molar-refractivity contribution in [2.75, 3.05) is 6.54 Å². The second kappa shape index (κ2) is 10.2. The molecule has 4 aliphatic carbocycles. The smallest absolute Gasteiger partial charge is 0.410 e. The minimum absolute atomic E-state index is 0.0760. The Hall–Kier alpha value is -2.14. The number of allylic oxidation sites excluding steroid dienone is 1. The molecule has 2 unspecified atom stereocenters. The molecule has 5 heteroatoms. The summed E-state index contributed by atoms with van der Waals surface area (Å²) in [4.78, 5) is 27.8. The van der Waals surface area contributed by atoms with Gasteiger partial charge in [0.1, 0.15) is 12.4 Å². The van der Waals surface area contributed by atoms with E-state index in [2.05, 4.69) is 27.7 Å². The molecule has 1 spiro atoms. The monoisotopic (exact) mass is 559 g/mol. The molecule has 1 aromatic carbocycles. The van der Waals surface area contributed by atoms with E-state index in [-0.39, 0.29) is 29.8 Å². The van der Waals surface area contributed by atoms with Crippen LogP contribution in [0.5, 0.6) is 0 Å². The molecule has 2 saturated heterocycles. The van der Waals surface area contributed by atoms with Gasteiger partial charge in [-0.05, 0) is 98.9 Å². The number of likely N-dealkylation sites (tertiary alicyclic amines) is 1. The lowest BCUT2D eigenvalue weighted by molar-refractivity contribution is -0.129. The van der Waals surface area contributed by atoms with Gasteiger partial charge >= 0.3 is 6.09 Å². The van der Waals surface area contributed by atoms with Gasteiger partial charge in [-0.15, -0.1) is 0 Å². The fourth-order valence-corrected chi connectivity index (χ4v) is 10.9. The van der Waals surface area contributed by atoms with Crippen LogP contribution in [0.1, 0.15) is 97.5 Å². The molecular formula is C36H49NO4. The summed E-state index contributed by atoms with van der Waals surface area (Å²) in [5.74, 6) is 3.91. The lowest BCUT2D eigenvalue weighted by Crippen LogP contribution is -2.54. The quantitative estimate of drug-likeness (QED) is 0.348. The van der Waals surface area contributed by atoms with E-state index in [1.807, 2.05) is 35.2 Å². The Labute approximate surface area is 246 Å². The molecule has 0 aromatic heterocycles. The van der Waals surface area contributed by atoms with E-state index in [1.165, 1.54) is 25.7 Å². The molecule has 5 fully saturated rings. The fourth-order valence-electron chi connectivity index (χ4n) is 10.9. The van der Waals surface area contributed by atoms with Gasteiger partial charge < -0.3 is 14.4 Å². The number of hydrogen-bond acceptors (Lipinski definition) is 4. The number of fused-ring (bicyclic) bond motifs is 6. The van der Waals surface area contributed by atoms with Gasteiger partial charge in [-0.25, -0.2) is 4.79 Å². The molecule has 2 heterocycles. The molecule has 3 saturated carbocycles. The third kappa shape index (κ3) is 4.51. The van der Waals surface area contributed by atoms with Gasteiger partial charge in [-0.3, -0.25) is 4.79 Å². The third-order valence-electron chi connectivity index (χ3n) is 13.0. The molecule has 0 N–H and O–H groups in total. The van der Waals surface area contributed by atoms with Crippen LogP contribution in [0.3, 0.4) is 0 Å². The first-order chi connectivity index (χ1) is 19.7. The highest BCUT2D eigenvalue weighted by molar-refractivity contribution is 5.79. The maximum Gasteiger partial charge on any atom is 0.410 e. The summed E-state index contributed by atoms with van der Waals surface area (Å²) >= 11 is 0. The first-order valence-electron chi connectivity index (χ1n) is 16.5. The molecule has 10 atom stereocenters. The number of Topliss-reactive ketones (excluding diaryl/α,β-unsaturated/α-hetero) is 1. The number of hydrogen-bond donors (Lipinski definition) is 0.